The molecule has 0 atom stereocenters. The van der Waals surface area contributed by atoms with E-state index in [0.29, 0.717) is 6.07 Å². The van der Waals surface area contributed by atoms with Gasteiger partial charge in [0.1, 0.15) is 0 Å². The third kappa shape index (κ3) is 3.81. The van der Waals surface area contributed by atoms with Gasteiger partial charge in [0.25, 0.3) is 10.0 Å². The molecule has 0 heterocycles. The molecule has 2 aromatic carbocycles. The second kappa shape index (κ2) is 5.93. The lowest BCUT2D eigenvalue weighted by atomic mass is 10.1. The molecule has 2 aromatic rings. The molecule has 2 rings (SSSR count). The predicted molar refractivity (Wildman–Crippen MR) is 78.1 cm³/mol. The molecular formula is C15H11F3N2O2S. The summed E-state index contributed by atoms with van der Waals surface area (Å²) in [7, 11) is -4.01. The van der Waals surface area contributed by atoms with Crippen LogP contribution < -0.4 is 4.72 Å². The van der Waals surface area contributed by atoms with E-state index in [0.717, 1.165) is 17.7 Å². The highest BCUT2D eigenvalue weighted by atomic mass is 32.2. The zero-order chi connectivity index (χ0) is 17.3. The molecule has 120 valence electrons. The number of sulfonamides is 1. The van der Waals surface area contributed by atoms with Gasteiger partial charge in [0.2, 0.25) is 0 Å². The van der Waals surface area contributed by atoms with Gasteiger partial charge in [-0.1, -0.05) is 17.7 Å². The molecule has 0 saturated carbocycles. The SMILES string of the molecule is Cc1ccc(S(=O)(=O)Nc2ccc(C#N)c(C(F)(F)F)c2)cc1. The molecule has 0 aliphatic carbocycles. The number of rotatable bonds is 3. The first-order valence-electron chi connectivity index (χ1n) is 6.34. The summed E-state index contributed by atoms with van der Waals surface area (Å²) >= 11 is 0. The van der Waals surface area contributed by atoms with Crippen LogP contribution in [0.2, 0.25) is 0 Å². The zero-order valence-electron chi connectivity index (χ0n) is 11.8. The summed E-state index contributed by atoms with van der Waals surface area (Å²) in [6.45, 7) is 1.78. The average Bonchev–Trinajstić information content (AvgIpc) is 2.46. The molecule has 23 heavy (non-hydrogen) atoms. The minimum Gasteiger partial charge on any atom is -0.280 e. The highest BCUT2D eigenvalue weighted by molar-refractivity contribution is 7.92. The maximum Gasteiger partial charge on any atom is 0.417 e. The Morgan fingerprint density at radius 2 is 1.70 bits per heavy atom. The zero-order valence-corrected chi connectivity index (χ0v) is 12.7. The van der Waals surface area contributed by atoms with Crippen molar-refractivity contribution >= 4 is 15.7 Å². The van der Waals surface area contributed by atoms with Crippen molar-refractivity contribution in [3.8, 4) is 6.07 Å². The Bertz CT molecular complexity index is 867. The van der Waals surface area contributed by atoms with Gasteiger partial charge in [-0.25, -0.2) is 8.42 Å². The van der Waals surface area contributed by atoms with Crippen LogP contribution in [0.4, 0.5) is 18.9 Å². The van der Waals surface area contributed by atoms with Crippen LogP contribution in [0.15, 0.2) is 47.4 Å². The first-order chi connectivity index (χ1) is 10.6. The summed E-state index contributed by atoms with van der Waals surface area (Å²) in [6, 6.07) is 9.93. The molecule has 0 aromatic heterocycles. The smallest absolute Gasteiger partial charge is 0.280 e. The van der Waals surface area contributed by atoms with Gasteiger partial charge < -0.3 is 0 Å². The van der Waals surface area contributed by atoms with Gasteiger partial charge in [-0.2, -0.15) is 18.4 Å². The standard InChI is InChI=1S/C15H11F3N2O2S/c1-10-2-6-13(7-3-10)23(21,22)20-12-5-4-11(9-19)14(8-12)15(16,17)18/h2-8,20H,1H3. The van der Waals surface area contributed by atoms with Crippen LogP contribution in [-0.4, -0.2) is 8.42 Å². The summed E-state index contributed by atoms with van der Waals surface area (Å²) in [6.07, 6.45) is -4.75. The number of hydrogen-bond donors (Lipinski definition) is 1. The van der Waals surface area contributed by atoms with E-state index in [1.54, 1.807) is 19.1 Å². The Balaban J connectivity index is 2.41. The van der Waals surface area contributed by atoms with Crippen LogP contribution in [0, 0.1) is 18.3 Å². The molecule has 0 fully saturated rings. The lowest BCUT2D eigenvalue weighted by Crippen LogP contribution is -2.14. The number of halogens is 3. The van der Waals surface area contributed by atoms with Crippen molar-refractivity contribution in [2.45, 2.75) is 18.0 Å². The number of alkyl halides is 3. The van der Waals surface area contributed by atoms with Gasteiger partial charge in [-0.15, -0.1) is 0 Å². The molecule has 0 aliphatic rings. The average molecular weight is 340 g/mol. The minimum atomic E-state index is -4.75. The fraction of sp³-hybridized carbons (Fsp3) is 0.133. The normalized spacial score (nSPS) is 11.8. The summed E-state index contributed by atoms with van der Waals surface area (Å²) in [5.74, 6) is 0. The van der Waals surface area contributed by atoms with Gasteiger partial charge in [-0.05, 0) is 37.3 Å². The molecule has 0 amide bonds. The van der Waals surface area contributed by atoms with Crippen LogP contribution in [0.1, 0.15) is 16.7 Å². The third-order valence-corrected chi connectivity index (χ3v) is 4.43. The second-order valence-corrected chi connectivity index (χ2v) is 6.47. The number of hydrogen-bond acceptors (Lipinski definition) is 3. The first-order valence-corrected chi connectivity index (χ1v) is 7.82. The van der Waals surface area contributed by atoms with Crippen LogP contribution in [-0.2, 0) is 16.2 Å². The third-order valence-electron chi connectivity index (χ3n) is 3.03. The van der Waals surface area contributed by atoms with Crippen molar-refractivity contribution in [1.82, 2.24) is 0 Å². The summed E-state index contributed by atoms with van der Waals surface area (Å²) in [4.78, 5) is -0.0685. The number of nitrogens with one attached hydrogen (secondary N) is 1. The maximum atomic E-state index is 12.9. The van der Waals surface area contributed by atoms with Gasteiger partial charge in [-0.3, -0.25) is 4.72 Å². The molecule has 8 heteroatoms. The van der Waals surface area contributed by atoms with Crippen molar-refractivity contribution in [2.75, 3.05) is 4.72 Å². The van der Waals surface area contributed by atoms with Crippen molar-refractivity contribution in [2.24, 2.45) is 0 Å². The summed E-state index contributed by atoms with van der Waals surface area (Å²) < 4.78 is 65.1. The number of aryl methyl sites for hydroxylation is 1. The number of benzene rings is 2. The molecular weight excluding hydrogens is 329 g/mol. The predicted octanol–water partition coefficient (Wildman–Crippen LogP) is 3.69. The van der Waals surface area contributed by atoms with E-state index in [-0.39, 0.29) is 10.6 Å². The minimum absolute atomic E-state index is 0.0685. The van der Waals surface area contributed by atoms with Gasteiger partial charge in [0.15, 0.2) is 0 Å². The molecule has 0 aliphatic heterocycles. The van der Waals surface area contributed by atoms with Crippen molar-refractivity contribution in [3.63, 3.8) is 0 Å². The van der Waals surface area contributed by atoms with Gasteiger partial charge in [0.05, 0.1) is 22.1 Å². The Morgan fingerprint density at radius 1 is 1.09 bits per heavy atom. The molecule has 0 radical (unpaired) electrons. The molecule has 0 unspecified atom stereocenters. The Morgan fingerprint density at radius 3 is 2.22 bits per heavy atom. The van der Waals surface area contributed by atoms with Crippen LogP contribution in [0.3, 0.4) is 0 Å². The van der Waals surface area contributed by atoms with E-state index >= 15 is 0 Å². The fourth-order valence-corrected chi connectivity index (χ4v) is 2.92. The van der Waals surface area contributed by atoms with E-state index < -0.39 is 27.3 Å². The lowest BCUT2D eigenvalue weighted by Gasteiger charge is -2.12. The van der Waals surface area contributed by atoms with Crippen LogP contribution in [0.25, 0.3) is 0 Å². The molecule has 4 nitrogen and oxygen atoms in total. The highest BCUT2D eigenvalue weighted by Gasteiger charge is 2.34. The van der Waals surface area contributed by atoms with Crippen LogP contribution in [0.5, 0.6) is 0 Å². The Hall–Kier alpha value is -2.53. The maximum absolute atomic E-state index is 12.9. The molecule has 1 N–H and O–H groups in total. The molecule has 0 spiro atoms. The Labute approximate surface area is 131 Å². The Kier molecular flexibility index (Phi) is 4.34. The van der Waals surface area contributed by atoms with E-state index in [2.05, 4.69) is 4.72 Å². The largest absolute Gasteiger partial charge is 0.417 e. The molecule has 0 bridgehead atoms. The number of nitrogens with zero attached hydrogens (tertiary/aromatic N) is 1. The summed E-state index contributed by atoms with van der Waals surface area (Å²) in [5, 5.41) is 8.72. The van der Waals surface area contributed by atoms with E-state index in [4.69, 9.17) is 5.26 Å². The van der Waals surface area contributed by atoms with Crippen LogP contribution >= 0.6 is 0 Å². The lowest BCUT2D eigenvalue weighted by molar-refractivity contribution is -0.137. The van der Waals surface area contributed by atoms with E-state index in [1.165, 1.54) is 18.2 Å². The van der Waals surface area contributed by atoms with E-state index in [1.807, 2.05) is 0 Å². The highest BCUT2D eigenvalue weighted by Crippen LogP contribution is 2.34. The summed E-state index contributed by atoms with van der Waals surface area (Å²) in [5.41, 5.74) is -1.18. The van der Waals surface area contributed by atoms with Gasteiger partial charge >= 0.3 is 6.18 Å². The second-order valence-electron chi connectivity index (χ2n) is 4.79. The fourth-order valence-electron chi connectivity index (χ4n) is 1.87. The molecule has 0 saturated heterocycles. The number of nitriles is 1. The van der Waals surface area contributed by atoms with Gasteiger partial charge in [0, 0.05) is 5.69 Å². The van der Waals surface area contributed by atoms with E-state index in [9.17, 15) is 21.6 Å². The topological polar surface area (TPSA) is 70.0 Å². The van der Waals surface area contributed by atoms with Crippen molar-refractivity contribution < 1.29 is 21.6 Å². The first kappa shape index (κ1) is 16.8. The number of anilines is 1. The quantitative estimate of drug-likeness (QED) is 0.926. The monoisotopic (exact) mass is 340 g/mol. The van der Waals surface area contributed by atoms with Crippen molar-refractivity contribution in [3.05, 3.63) is 59.2 Å². The van der Waals surface area contributed by atoms with Crippen molar-refractivity contribution in [1.29, 1.82) is 5.26 Å².